The van der Waals surface area contributed by atoms with E-state index in [1.807, 2.05) is 13.8 Å². The lowest BCUT2D eigenvalue weighted by atomic mass is 10.3. The Morgan fingerprint density at radius 2 is 2.05 bits per heavy atom. The van der Waals surface area contributed by atoms with E-state index < -0.39 is 0 Å². The van der Waals surface area contributed by atoms with E-state index in [4.69, 9.17) is 4.52 Å². The second-order valence-corrected chi connectivity index (χ2v) is 4.55. The molecule has 0 aliphatic heterocycles. The van der Waals surface area contributed by atoms with Crippen molar-refractivity contribution in [1.29, 1.82) is 0 Å². The third-order valence-corrected chi connectivity index (χ3v) is 3.16. The number of hydrogen-bond acceptors (Lipinski definition) is 6. The summed E-state index contributed by atoms with van der Waals surface area (Å²) >= 11 is 0. The largest absolute Gasteiger partial charge is 0.335 e. The molecule has 0 saturated carbocycles. The fourth-order valence-corrected chi connectivity index (χ4v) is 2.04. The molecule has 3 heterocycles. The molecule has 0 fully saturated rings. The van der Waals surface area contributed by atoms with Gasteiger partial charge >= 0.3 is 0 Å². The summed E-state index contributed by atoms with van der Waals surface area (Å²) in [6, 6.07) is 0. The van der Waals surface area contributed by atoms with Gasteiger partial charge in [0.1, 0.15) is 17.4 Å². The highest BCUT2D eigenvalue weighted by Gasteiger charge is 2.14. The Morgan fingerprint density at radius 3 is 2.75 bits per heavy atom. The molecule has 0 bridgehead atoms. The van der Waals surface area contributed by atoms with Crippen LogP contribution in [-0.4, -0.2) is 29.7 Å². The molecule has 8 heteroatoms. The Kier molecular flexibility index (Phi) is 2.85. The zero-order chi connectivity index (χ0) is 14.3. The normalized spacial score (nSPS) is 11.3. The Balaban J connectivity index is 2.06. The van der Waals surface area contributed by atoms with E-state index in [9.17, 15) is 4.79 Å². The first kappa shape index (κ1) is 12.5. The lowest BCUT2D eigenvalue weighted by Gasteiger charge is -2.02. The summed E-state index contributed by atoms with van der Waals surface area (Å²) in [7, 11) is 0. The van der Waals surface area contributed by atoms with Crippen molar-refractivity contribution in [3.8, 4) is 0 Å². The molecule has 0 radical (unpaired) electrons. The zero-order valence-corrected chi connectivity index (χ0v) is 11.5. The van der Waals surface area contributed by atoms with Crippen molar-refractivity contribution in [3.05, 3.63) is 33.8 Å². The second kappa shape index (κ2) is 4.55. The van der Waals surface area contributed by atoms with Crippen molar-refractivity contribution in [2.45, 2.75) is 33.9 Å². The van der Waals surface area contributed by atoms with Gasteiger partial charge < -0.3 is 4.52 Å². The topological polar surface area (TPSA) is 91.6 Å². The van der Waals surface area contributed by atoms with Crippen LogP contribution >= 0.6 is 0 Å². The number of nitrogens with zero attached hydrogens (tertiary/aromatic N) is 6. The van der Waals surface area contributed by atoms with Crippen molar-refractivity contribution < 1.29 is 4.52 Å². The molecule has 0 atom stereocenters. The monoisotopic (exact) mass is 274 g/mol. The molecule has 0 aliphatic carbocycles. The standard InChI is InChI=1S/C12H14N6O2/c1-4-18-14-7(2)9(15-18)5-17-6-13-11-10(12(17)19)8(3)16-20-11/h6H,4-5H2,1-3H3. The van der Waals surface area contributed by atoms with E-state index in [1.165, 1.54) is 10.9 Å². The van der Waals surface area contributed by atoms with Crippen LogP contribution in [-0.2, 0) is 13.1 Å². The maximum Gasteiger partial charge on any atom is 0.266 e. The Hall–Kier alpha value is -2.51. The predicted molar refractivity (Wildman–Crippen MR) is 70.3 cm³/mol. The number of aryl methyl sites for hydroxylation is 3. The minimum atomic E-state index is -0.181. The first-order chi connectivity index (χ1) is 9.60. The molecule has 0 amide bonds. The van der Waals surface area contributed by atoms with Crippen LogP contribution in [0.2, 0.25) is 0 Å². The van der Waals surface area contributed by atoms with Gasteiger partial charge in [-0.1, -0.05) is 5.16 Å². The van der Waals surface area contributed by atoms with Crippen molar-refractivity contribution in [2.75, 3.05) is 0 Å². The van der Waals surface area contributed by atoms with Crippen LogP contribution in [0.5, 0.6) is 0 Å². The predicted octanol–water partition coefficient (Wildman–Crippen LogP) is 0.661. The molecule has 0 aromatic carbocycles. The highest BCUT2D eigenvalue weighted by molar-refractivity contribution is 5.73. The summed E-state index contributed by atoms with van der Waals surface area (Å²) in [4.78, 5) is 18.1. The van der Waals surface area contributed by atoms with Crippen LogP contribution < -0.4 is 5.56 Å². The molecular formula is C12H14N6O2. The zero-order valence-electron chi connectivity index (χ0n) is 11.5. The van der Waals surface area contributed by atoms with Gasteiger partial charge in [0.15, 0.2) is 0 Å². The summed E-state index contributed by atoms with van der Waals surface area (Å²) in [6.45, 7) is 6.58. The summed E-state index contributed by atoms with van der Waals surface area (Å²) in [5.74, 6) is 0. The third kappa shape index (κ3) is 1.89. The molecular weight excluding hydrogens is 260 g/mol. The van der Waals surface area contributed by atoms with E-state index in [2.05, 4.69) is 20.3 Å². The van der Waals surface area contributed by atoms with E-state index in [-0.39, 0.29) is 11.3 Å². The molecule has 0 saturated heterocycles. The molecule has 0 aliphatic rings. The van der Waals surface area contributed by atoms with Crippen LogP contribution in [0.1, 0.15) is 24.0 Å². The first-order valence-corrected chi connectivity index (χ1v) is 6.32. The highest BCUT2D eigenvalue weighted by Crippen LogP contribution is 2.10. The molecule has 0 N–H and O–H groups in total. The van der Waals surface area contributed by atoms with Gasteiger partial charge in [-0.25, -0.2) is 4.98 Å². The maximum atomic E-state index is 12.4. The van der Waals surface area contributed by atoms with E-state index >= 15 is 0 Å². The van der Waals surface area contributed by atoms with Gasteiger partial charge in [-0.15, -0.1) is 0 Å². The second-order valence-electron chi connectivity index (χ2n) is 4.55. The van der Waals surface area contributed by atoms with Gasteiger partial charge in [0, 0.05) is 0 Å². The average Bonchev–Trinajstić information content (AvgIpc) is 2.97. The van der Waals surface area contributed by atoms with Gasteiger partial charge in [-0.05, 0) is 20.8 Å². The Bertz CT molecular complexity index is 828. The summed E-state index contributed by atoms with van der Waals surface area (Å²) < 4.78 is 6.46. The van der Waals surface area contributed by atoms with E-state index in [0.717, 1.165) is 11.4 Å². The molecule has 3 aromatic heterocycles. The summed E-state index contributed by atoms with van der Waals surface area (Å²) in [6.07, 6.45) is 1.44. The Labute approximate surface area is 114 Å². The van der Waals surface area contributed by atoms with Crippen LogP contribution in [0.3, 0.4) is 0 Å². The van der Waals surface area contributed by atoms with E-state index in [0.29, 0.717) is 24.2 Å². The maximum absolute atomic E-state index is 12.4. The van der Waals surface area contributed by atoms with Crippen LogP contribution in [0.15, 0.2) is 15.6 Å². The average molecular weight is 274 g/mol. The number of hydrogen-bond donors (Lipinski definition) is 0. The fourth-order valence-electron chi connectivity index (χ4n) is 2.04. The molecule has 8 nitrogen and oxygen atoms in total. The lowest BCUT2D eigenvalue weighted by Crippen LogP contribution is -2.21. The molecule has 20 heavy (non-hydrogen) atoms. The van der Waals surface area contributed by atoms with Gasteiger partial charge in [-0.2, -0.15) is 15.0 Å². The first-order valence-electron chi connectivity index (χ1n) is 6.32. The van der Waals surface area contributed by atoms with Gasteiger partial charge in [0.05, 0.1) is 24.5 Å². The van der Waals surface area contributed by atoms with Crippen molar-refractivity contribution in [2.24, 2.45) is 0 Å². The minimum absolute atomic E-state index is 0.181. The van der Waals surface area contributed by atoms with Crippen molar-refractivity contribution >= 4 is 11.1 Å². The van der Waals surface area contributed by atoms with Crippen LogP contribution in [0.25, 0.3) is 11.1 Å². The quantitative estimate of drug-likeness (QED) is 0.696. The Morgan fingerprint density at radius 1 is 1.25 bits per heavy atom. The smallest absolute Gasteiger partial charge is 0.266 e. The molecule has 3 rings (SSSR count). The number of rotatable bonds is 3. The third-order valence-electron chi connectivity index (χ3n) is 3.16. The molecule has 3 aromatic rings. The van der Waals surface area contributed by atoms with Gasteiger partial charge in [0.25, 0.3) is 11.3 Å². The van der Waals surface area contributed by atoms with Crippen LogP contribution in [0, 0.1) is 13.8 Å². The number of aromatic nitrogens is 6. The van der Waals surface area contributed by atoms with Gasteiger partial charge in [0.2, 0.25) is 0 Å². The summed E-state index contributed by atoms with van der Waals surface area (Å²) in [5, 5.41) is 12.8. The van der Waals surface area contributed by atoms with Crippen molar-refractivity contribution in [1.82, 2.24) is 29.7 Å². The molecule has 0 unspecified atom stereocenters. The fraction of sp³-hybridized carbons (Fsp3) is 0.417. The lowest BCUT2D eigenvalue weighted by molar-refractivity contribution is 0.442. The minimum Gasteiger partial charge on any atom is -0.335 e. The van der Waals surface area contributed by atoms with Crippen molar-refractivity contribution in [3.63, 3.8) is 0 Å². The van der Waals surface area contributed by atoms with Crippen LogP contribution in [0.4, 0.5) is 0 Å². The van der Waals surface area contributed by atoms with E-state index in [1.54, 1.807) is 11.7 Å². The number of fused-ring (bicyclic) bond motifs is 1. The SMILES string of the molecule is CCn1nc(C)c(Cn2cnc3onc(C)c3c2=O)n1. The highest BCUT2D eigenvalue weighted by atomic mass is 16.5. The summed E-state index contributed by atoms with van der Waals surface area (Å²) in [5.41, 5.74) is 2.18. The molecule has 0 spiro atoms. The van der Waals surface area contributed by atoms with Gasteiger partial charge in [-0.3, -0.25) is 9.36 Å². The molecule has 104 valence electrons.